The minimum atomic E-state index is -0.713. The van der Waals surface area contributed by atoms with Crippen LogP contribution in [0.15, 0.2) is 18.2 Å². The number of ketones is 1. The summed E-state index contributed by atoms with van der Waals surface area (Å²) in [4.78, 5) is 11.4. The molecule has 0 saturated heterocycles. The van der Waals surface area contributed by atoms with E-state index in [1.807, 2.05) is 0 Å². The first-order valence-corrected chi connectivity index (χ1v) is 5.16. The van der Waals surface area contributed by atoms with E-state index < -0.39 is 11.6 Å². The summed E-state index contributed by atoms with van der Waals surface area (Å²) in [5.41, 5.74) is -0.215. The summed E-state index contributed by atoms with van der Waals surface area (Å²) in [6.07, 6.45) is -0.300. The minimum absolute atomic E-state index is 0.170. The maximum atomic E-state index is 13.2. The minimum Gasteiger partial charge on any atom is -0.382 e. The third-order valence-corrected chi connectivity index (χ3v) is 2.13. The average molecular weight is 244 g/mol. The Morgan fingerprint density at radius 1 is 1.24 bits per heavy atom. The van der Waals surface area contributed by atoms with E-state index in [4.69, 9.17) is 9.47 Å². The van der Waals surface area contributed by atoms with Crippen LogP contribution in [0.5, 0.6) is 0 Å². The average Bonchev–Trinajstić information content (AvgIpc) is 2.30. The van der Waals surface area contributed by atoms with Crippen LogP contribution in [0.4, 0.5) is 8.78 Å². The van der Waals surface area contributed by atoms with E-state index in [9.17, 15) is 13.6 Å². The Hall–Kier alpha value is -1.33. The highest BCUT2D eigenvalue weighted by Crippen LogP contribution is 2.12. The molecular weight excluding hydrogens is 230 g/mol. The van der Waals surface area contributed by atoms with Gasteiger partial charge in [0.15, 0.2) is 5.78 Å². The summed E-state index contributed by atoms with van der Waals surface area (Å²) in [7, 11) is 1.51. The van der Waals surface area contributed by atoms with Crippen LogP contribution in [0.1, 0.15) is 5.56 Å². The van der Waals surface area contributed by atoms with E-state index in [2.05, 4.69) is 0 Å². The van der Waals surface area contributed by atoms with Gasteiger partial charge in [0.05, 0.1) is 13.2 Å². The lowest BCUT2D eigenvalue weighted by atomic mass is 10.1. The Bertz CT molecular complexity index is 360. The fraction of sp³-hybridized carbons (Fsp3) is 0.417. The molecule has 1 aromatic rings. The number of hydrogen-bond acceptors (Lipinski definition) is 3. The summed E-state index contributed by atoms with van der Waals surface area (Å²) in [5, 5.41) is 0. The van der Waals surface area contributed by atoms with Crippen molar-refractivity contribution in [3.8, 4) is 0 Å². The largest absolute Gasteiger partial charge is 0.382 e. The van der Waals surface area contributed by atoms with Crippen molar-refractivity contribution < 1.29 is 23.0 Å². The van der Waals surface area contributed by atoms with Crippen molar-refractivity contribution >= 4 is 5.78 Å². The molecular formula is C12H14F2O3. The van der Waals surface area contributed by atoms with E-state index in [1.54, 1.807) is 0 Å². The van der Waals surface area contributed by atoms with Crippen LogP contribution in [0.25, 0.3) is 0 Å². The van der Waals surface area contributed by atoms with Crippen LogP contribution in [0, 0.1) is 11.6 Å². The molecule has 0 aromatic heterocycles. The van der Waals surface area contributed by atoms with Gasteiger partial charge in [0.1, 0.15) is 18.2 Å². The number of carbonyl (C=O) groups is 1. The van der Waals surface area contributed by atoms with Gasteiger partial charge in [0, 0.05) is 19.1 Å². The fourth-order valence-electron chi connectivity index (χ4n) is 1.28. The predicted octanol–water partition coefficient (Wildman–Crippen LogP) is 1.74. The molecule has 1 rings (SSSR count). The summed E-state index contributed by atoms with van der Waals surface area (Å²) in [5.74, 6) is -1.80. The molecule has 0 unspecified atom stereocenters. The van der Waals surface area contributed by atoms with Gasteiger partial charge in [-0.05, 0) is 12.1 Å². The number of carbonyl (C=O) groups excluding carboxylic acids is 1. The molecule has 5 heteroatoms. The third-order valence-electron chi connectivity index (χ3n) is 2.13. The van der Waals surface area contributed by atoms with Crippen LogP contribution < -0.4 is 0 Å². The highest BCUT2D eigenvalue weighted by atomic mass is 19.1. The summed E-state index contributed by atoms with van der Waals surface area (Å²) < 4.78 is 36.1. The Labute approximate surface area is 98.3 Å². The second-order valence-electron chi connectivity index (χ2n) is 3.46. The molecule has 0 aliphatic heterocycles. The molecule has 94 valence electrons. The molecule has 17 heavy (non-hydrogen) atoms. The SMILES string of the molecule is COCCOCC(=O)Cc1c(F)cccc1F. The summed E-state index contributed by atoms with van der Waals surface area (Å²) >= 11 is 0. The number of halogens is 2. The number of benzene rings is 1. The molecule has 0 amide bonds. The Balaban J connectivity index is 2.45. The van der Waals surface area contributed by atoms with Crippen molar-refractivity contribution in [3.63, 3.8) is 0 Å². The fourth-order valence-corrected chi connectivity index (χ4v) is 1.28. The lowest BCUT2D eigenvalue weighted by Crippen LogP contribution is -2.15. The standard InChI is InChI=1S/C12H14F2O3/c1-16-5-6-17-8-9(15)7-10-11(13)3-2-4-12(10)14/h2-4H,5-8H2,1H3. The first kappa shape index (κ1) is 13.7. The van der Waals surface area contributed by atoms with Crippen LogP contribution >= 0.6 is 0 Å². The maximum absolute atomic E-state index is 13.2. The van der Waals surface area contributed by atoms with Gasteiger partial charge in [-0.15, -0.1) is 0 Å². The van der Waals surface area contributed by atoms with Crippen molar-refractivity contribution in [2.24, 2.45) is 0 Å². The second-order valence-corrected chi connectivity index (χ2v) is 3.46. The molecule has 0 radical (unpaired) electrons. The molecule has 1 aromatic carbocycles. The van der Waals surface area contributed by atoms with E-state index in [0.29, 0.717) is 6.61 Å². The van der Waals surface area contributed by atoms with Gasteiger partial charge in [-0.2, -0.15) is 0 Å². The van der Waals surface area contributed by atoms with E-state index in [1.165, 1.54) is 13.2 Å². The number of Topliss-reactive ketones (excluding diaryl/α,β-unsaturated/α-hetero) is 1. The lowest BCUT2D eigenvalue weighted by Gasteiger charge is -2.05. The smallest absolute Gasteiger partial charge is 0.163 e. The van der Waals surface area contributed by atoms with Gasteiger partial charge in [0.2, 0.25) is 0 Å². The van der Waals surface area contributed by atoms with E-state index >= 15 is 0 Å². The zero-order valence-electron chi connectivity index (χ0n) is 9.54. The number of ether oxygens (including phenoxy) is 2. The maximum Gasteiger partial charge on any atom is 0.163 e. The highest BCUT2D eigenvalue weighted by molar-refractivity contribution is 5.82. The van der Waals surface area contributed by atoms with E-state index in [0.717, 1.165) is 12.1 Å². The first-order valence-electron chi connectivity index (χ1n) is 5.16. The monoisotopic (exact) mass is 244 g/mol. The molecule has 0 spiro atoms. The molecule has 0 atom stereocenters. The van der Waals surface area contributed by atoms with Crippen LogP contribution in [-0.2, 0) is 20.7 Å². The van der Waals surface area contributed by atoms with Crippen LogP contribution in [0.2, 0.25) is 0 Å². The zero-order chi connectivity index (χ0) is 12.7. The first-order chi connectivity index (χ1) is 8.15. The van der Waals surface area contributed by atoms with Crippen molar-refractivity contribution in [3.05, 3.63) is 35.4 Å². The van der Waals surface area contributed by atoms with E-state index in [-0.39, 0.29) is 31.0 Å². The van der Waals surface area contributed by atoms with Crippen molar-refractivity contribution in [1.29, 1.82) is 0 Å². The number of hydrogen-bond donors (Lipinski definition) is 0. The highest BCUT2D eigenvalue weighted by Gasteiger charge is 2.12. The van der Waals surface area contributed by atoms with Crippen molar-refractivity contribution in [2.75, 3.05) is 26.9 Å². The zero-order valence-corrected chi connectivity index (χ0v) is 9.54. The van der Waals surface area contributed by atoms with Gasteiger partial charge in [0.25, 0.3) is 0 Å². The Kier molecular flexibility index (Phi) is 5.72. The summed E-state index contributed by atoms with van der Waals surface area (Å²) in [6, 6.07) is 3.50. The molecule has 0 bridgehead atoms. The van der Waals surface area contributed by atoms with Crippen LogP contribution in [-0.4, -0.2) is 32.7 Å². The molecule has 3 nitrogen and oxygen atoms in total. The van der Waals surface area contributed by atoms with Gasteiger partial charge >= 0.3 is 0 Å². The number of methoxy groups -OCH3 is 1. The quantitative estimate of drug-likeness (QED) is 0.685. The number of rotatable bonds is 7. The third kappa shape index (κ3) is 4.58. The van der Waals surface area contributed by atoms with Gasteiger partial charge in [-0.25, -0.2) is 8.78 Å². The Morgan fingerprint density at radius 3 is 2.47 bits per heavy atom. The van der Waals surface area contributed by atoms with Gasteiger partial charge in [-0.3, -0.25) is 4.79 Å². The topological polar surface area (TPSA) is 35.5 Å². The molecule has 0 fully saturated rings. The molecule has 0 N–H and O–H groups in total. The van der Waals surface area contributed by atoms with Gasteiger partial charge in [-0.1, -0.05) is 6.07 Å². The van der Waals surface area contributed by atoms with Crippen molar-refractivity contribution in [2.45, 2.75) is 6.42 Å². The predicted molar refractivity (Wildman–Crippen MR) is 57.8 cm³/mol. The lowest BCUT2D eigenvalue weighted by molar-refractivity contribution is -0.123. The van der Waals surface area contributed by atoms with Gasteiger partial charge < -0.3 is 9.47 Å². The molecule has 0 heterocycles. The summed E-state index contributed by atoms with van der Waals surface area (Å²) in [6.45, 7) is 0.487. The Morgan fingerprint density at radius 2 is 1.88 bits per heavy atom. The van der Waals surface area contributed by atoms with Crippen molar-refractivity contribution in [1.82, 2.24) is 0 Å². The molecule has 0 aliphatic rings. The molecule has 0 aliphatic carbocycles. The molecule has 0 saturated carbocycles. The normalized spacial score (nSPS) is 10.5. The second kappa shape index (κ2) is 7.09. The van der Waals surface area contributed by atoms with Crippen LogP contribution in [0.3, 0.4) is 0 Å².